The van der Waals surface area contributed by atoms with Crippen LogP contribution < -0.4 is 4.90 Å². The number of anilines is 2. The number of ether oxygens (including phenoxy) is 1. The second kappa shape index (κ2) is 10.5. The molecule has 0 spiro atoms. The maximum absolute atomic E-state index is 5.64. The standard InChI is InChI=1S/C24H33N3OS.H2/c1-2-19-28-20-18-26-16-14-25(15-17-26)12-7-13-27-21-8-3-5-10-23(21)29-24-11-6-4-9-22(24)27;/h3-6,8-11H,2,7,12-20H2,1H3;1H. The topological polar surface area (TPSA) is 19.0 Å². The zero-order valence-corrected chi connectivity index (χ0v) is 18.4. The van der Waals surface area contributed by atoms with E-state index in [0.29, 0.717) is 0 Å². The molecule has 0 amide bonds. The summed E-state index contributed by atoms with van der Waals surface area (Å²) in [5.74, 6) is 0. The van der Waals surface area contributed by atoms with E-state index in [0.717, 1.165) is 32.7 Å². The zero-order valence-electron chi connectivity index (χ0n) is 17.6. The van der Waals surface area contributed by atoms with E-state index >= 15 is 0 Å². The predicted octanol–water partition coefficient (Wildman–Crippen LogP) is 4.97. The van der Waals surface area contributed by atoms with Crippen molar-refractivity contribution < 1.29 is 6.16 Å². The molecule has 2 aliphatic heterocycles. The Morgan fingerprint density at radius 1 is 0.793 bits per heavy atom. The van der Waals surface area contributed by atoms with Crippen LogP contribution in [0.2, 0.25) is 0 Å². The van der Waals surface area contributed by atoms with E-state index in [4.69, 9.17) is 4.74 Å². The summed E-state index contributed by atoms with van der Waals surface area (Å²) < 4.78 is 5.64. The Kier molecular flexibility index (Phi) is 7.49. The van der Waals surface area contributed by atoms with E-state index < -0.39 is 0 Å². The maximum atomic E-state index is 5.64. The summed E-state index contributed by atoms with van der Waals surface area (Å²) >= 11 is 1.89. The lowest BCUT2D eigenvalue weighted by atomic mass is 10.2. The molecule has 0 bridgehead atoms. The lowest BCUT2D eigenvalue weighted by molar-refractivity contribution is 0.0757. The Morgan fingerprint density at radius 3 is 2.00 bits per heavy atom. The Morgan fingerprint density at radius 2 is 1.38 bits per heavy atom. The number of hydrogen-bond acceptors (Lipinski definition) is 5. The van der Waals surface area contributed by atoms with Crippen LogP contribution in [0.15, 0.2) is 58.3 Å². The number of fused-ring (bicyclic) bond motifs is 2. The Balaban J connectivity index is 0.00000256. The molecule has 0 unspecified atom stereocenters. The maximum Gasteiger partial charge on any atom is 0.0593 e. The van der Waals surface area contributed by atoms with Gasteiger partial charge in [-0.2, -0.15) is 0 Å². The number of piperazine rings is 1. The molecular formula is C24H35N3OS. The fraction of sp³-hybridized carbons (Fsp3) is 0.500. The molecule has 0 aromatic heterocycles. The molecule has 1 saturated heterocycles. The molecule has 0 aliphatic carbocycles. The van der Waals surface area contributed by atoms with Crippen LogP contribution in [0, 0.1) is 0 Å². The molecule has 2 aromatic carbocycles. The summed E-state index contributed by atoms with van der Waals surface area (Å²) in [5, 5.41) is 0. The van der Waals surface area contributed by atoms with E-state index in [2.05, 4.69) is 70.2 Å². The van der Waals surface area contributed by atoms with Gasteiger partial charge in [0.05, 0.1) is 18.0 Å². The van der Waals surface area contributed by atoms with Gasteiger partial charge >= 0.3 is 0 Å². The number of benzene rings is 2. The highest BCUT2D eigenvalue weighted by atomic mass is 32.2. The molecule has 5 heteroatoms. The Bertz CT molecular complexity index is 737. The molecular weight excluding hydrogens is 378 g/mol. The van der Waals surface area contributed by atoms with Gasteiger partial charge < -0.3 is 14.5 Å². The summed E-state index contributed by atoms with van der Waals surface area (Å²) in [6, 6.07) is 17.6. The third-order valence-electron chi connectivity index (χ3n) is 5.75. The highest BCUT2D eigenvalue weighted by Crippen LogP contribution is 2.47. The quantitative estimate of drug-likeness (QED) is 0.539. The summed E-state index contributed by atoms with van der Waals surface area (Å²) in [6.45, 7) is 11.9. The van der Waals surface area contributed by atoms with Gasteiger partial charge in [0.1, 0.15) is 0 Å². The summed E-state index contributed by atoms with van der Waals surface area (Å²) in [5.41, 5.74) is 2.71. The largest absolute Gasteiger partial charge is 0.380 e. The Hall–Kier alpha value is -1.53. The normalized spacial score (nSPS) is 17.2. The van der Waals surface area contributed by atoms with Crippen LogP contribution >= 0.6 is 11.8 Å². The first kappa shape index (κ1) is 20.7. The van der Waals surface area contributed by atoms with Crippen LogP contribution in [0.3, 0.4) is 0 Å². The SMILES string of the molecule is CCCOCCN1CCN(CCCN2c3ccccc3Sc3ccccc32)CC1.[HH]. The molecule has 4 rings (SSSR count). The Labute approximate surface area is 181 Å². The second-order valence-corrected chi connectivity index (χ2v) is 8.92. The monoisotopic (exact) mass is 413 g/mol. The van der Waals surface area contributed by atoms with E-state index in [-0.39, 0.29) is 1.43 Å². The van der Waals surface area contributed by atoms with Crippen molar-refractivity contribution in [3.8, 4) is 0 Å². The number of rotatable bonds is 9. The average molecular weight is 414 g/mol. The first-order valence-electron chi connectivity index (χ1n) is 11.0. The van der Waals surface area contributed by atoms with Crippen molar-refractivity contribution >= 4 is 23.1 Å². The molecule has 0 saturated carbocycles. The van der Waals surface area contributed by atoms with Gasteiger partial charge in [-0.05, 0) is 43.7 Å². The fourth-order valence-corrected chi connectivity index (χ4v) is 5.25. The van der Waals surface area contributed by atoms with Crippen molar-refractivity contribution in [1.82, 2.24) is 9.80 Å². The predicted molar refractivity (Wildman–Crippen MR) is 125 cm³/mol. The molecule has 0 atom stereocenters. The number of para-hydroxylation sites is 2. The molecule has 0 N–H and O–H groups in total. The van der Waals surface area contributed by atoms with Gasteiger partial charge in [0.15, 0.2) is 0 Å². The molecule has 4 nitrogen and oxygen atoms in total. The van der Waals surface area contributed by atoms with Gasteiger partial charge in [0, 0.05) is 57.1 Å². The third kappa shape index (κ3) is 5.34. The highest BCUT2D eigenvalue weighted by molar-refractivity contribution is 7.99. The minimum absolute atomic E-state index is 0. The molecule has 2 aromatic rings. The van der Waals surface area contributed by atoms with Crippen LogP contribution in [0.5, 0.6) is 0 Å². The van der Waals surface area contributed by atoms with Crippen molar-refractivity contribution in [2.24, 2.45) is 0 Å². The number of hydrogen-bond donors (Lipinski definition) is 0. The lowest BCUT2D eigenvalue weighted by Gasteiger charge is -2.36. The van der Waals surface area contributed by atoms with Gasteiger partial charge in [-0.3, -0.25) is 4.90 Å². The molecule has 0 radical (unpaired) electrons. The smallest absolute Gasteiger partial charge is 0.0593 e. The minimum Gasteiger partial charge on any atom is -0.380 e. The molecule has 2 aliphatic rings. The van der Waals surface area contributed by atoms with Crippen LogP contribution in [0.1, 0.15) is 21.2 Å². The summed E-state index contributed by atoms with van der Waals surface area (Å²) in [6.07, 6.45) is 2.30. The highest BCUT2D eigenvalue weighted by Gasteiger charge is 2.23. The van der Waals surface area contributed by atoms with Crippen molar-refractivity contribution in [1.29, 1.82) is 0 Å². The molecule has 2 heterocycles. The first-order chi connectivity index (χ1) is 14.3. The van der Waals surface area contributed by atoms with Crippen molar-refractivity contribution in [3.05, 3.63) is 48.5 Å². The van der Waals surface area contributed by atoms with Crippen molar-refractivity contribution in [3.63, 3.8) is 0 Å². The van der Waals surface area contributed by atoms with E-state index in [1.807, 2.05) is 11.8 Å². The molecule has 29 heavy (non-hydrogen) atoms. The lowest BCUT2D eigenvalue weighted by Crippen LogP contribution is -2.47. The van der Waals surface area contributed by atoms with Crippen LogP contribution in [-0.4, -0.2) is 68.8 Å². The van der Waals surface area contributed by atoms with E-state index in [1.54, 1.807) is 0 Å². The average Bonchev–Trinajstić information content (AvgIpc) is 2.77. The van der Waals surface area contributed by atoms with Gasteiger partial charge in [0.25, 0.3) is 0 Å². The van der Waals surface area contributed by atoms with Crippen molar-refractivity contribution in [2.75, 3.05) is 63.9 Å². The van der Waals surface area contributed by atoms with E-state index in [1.165, 1.54) is 60.3 Å². The second-order valence-electron chi connectivity index (χ2n) is 7.84. The molecule has 158 valence electrons. The first-order valence-corrected chi connectivity index (χ1v) is 11.8. The van der Waals surface area contributed by atoms with Gasteiger partial charge in [0.2, 0.25) is 0 Å². The molecule has 1 fully saturated rings. The van der Waals surface area contributed by atoms with Gasteiger partial charge in [-0.1, -0.05) is 43.0 Å². The fourth-order valence-electron chi connectivity index (χ4n) is 4.15. The number of nitrogens with zero attached hydrogens (tertiary/aromatic N) is 3. The van der Waals surface area contributed by atoms with Crippen molar-refractivity contribution in [2.45, 2.75) is 29.6 Å². The van der Waals surface area contributed by atoms with Crippen LogP contribution in [0.25, 0.3) is 0 Å². The minimum atomic E-state index is 0. The van der Waals surface area contributed by atoms with E-state index in [9.17, 15) is 0 Å². The van der Waals surface area contributed by atoms with Gasteiger partial charge in [-0.25, -0.2) is 0 Å². The summed E-state index contributed by atoms with van der Waals surface area (Å²) in [7, 11) is 0. The van der Waals surface area contributed by atoms with Crippen LogP contribution in [0.4, 0.5) is 11.4 Å². The zero-order chi connectivity index (χ0) is 19.9. The van der Waals surface area contributed by atoms with Gasteiger partial charge in [-0.15, -0.1) is 0 Å². The third-order valence-corrected chi connectivity index (χ3v) is 6.88. The summed E-state index contributed by atoms with van der Waals surface area (Å²) in [4.78, 5) is 10.4. The van der Waals surface area contributed by atoms with Crippen LogP contribution in [-0.2, 0) is 4.74 Å².